The number of ether oxygens (including phenoxy) is 1. The van der Waals surface area contributed by atoms with Crippen molar-refractivity contribution in [1.82, 2.24) is 9.88 Å². The molecule has 5 nitrogen and oxygen atoms in total. The highest BCUT2D eigenvalue weighted by Crippen LogP contribution is 2.22. The van der Waals surface area contributed by atoms with Crippen LogP contribution in [0.15, 0.2) is 12.3 Å². The van der Waals surface area contributed by atoms with Crippen molar-refractivity contribution >= 4 is 23.3 Å². The van der Waals surface area contributed by atoms with Crippen LogP contribution in [0.25, 0.3) is 0 Å². The molecule has 6 heteroatoms. The van der Waals surface area contributed by atoms with Gasteiger partial charge in [0.05, 0.1) is 16.7 Å². The standard InChI is InChI=1S/C14H20ClN3O2/c1-3-20-11-5-4-6-18(9-11)14(19)10-7-12(15)13(16-2)17-8-10/h7-8,11H,3-6,9H2,1-2H3,(H,16,17). The van der Waals surface area contributed by atoms with Crippen LogP contribution in [0.2, 0.25) is 5.02 Å². The molecule has 1 N–H and O–H groups in total. The molecule has 0 saturated carbocycles. The smallest absolute Gasteiger partial charge is 0.255 e. The van der Waals surface area contributed by atoms with Gasteiger partial charge >= 0.3 is 0 Å². The number of rotatable bonds is 4. The topological polar surface area (TPSA) is 54.5 Å². The zero-order chi connectivity index (χ0) is 14.5. The Bertz CT molecular complexity index is 479. The normalized spacial score (nSPS) is 18.9. The number of halogens is 1. The minimum Gasteiger partial charge on any atom is -0.377 e. The molecule has 0 spiro atoms. The molecule has 1 aliphatic rings. The number of nitrogens with one attached hydrogen (secondary N) is 1. The van der Waals surface area contributed by atoms with E-state index in [0.29, 0.717) is 29.6 Å². The predicted octanol–water partition coefficient (Wildman–Crippen LogP) is 2.42. The molecule has 1 amide bonds. The first-order chi connectivity index (χ1) is 9.65. The molecule has 1 atom stereocenters. The molecule has 2 rings (SSSR count). The lowest BCUT2D eigenvalue weighted by Crippen LogP contribution is -2.43. The number of likely N-dealkylation sites (tertiary alicyclic amines) is 1. The number of anilines is 1. The molecule has 2 heterocycles. The number of hydrogen-bond acceptors (Lipinski definition) is 4. The SMILES string of the molecule is CCOC1CCCN(C(=O)c2cnc(NC)c(Cl)c2)C1. The molecule has 0 aromatic carbocycles. The minimum atomic E-state index is -0.0357. The Morgan fingerprint density at radius 2 is 2.45 bits per heavy atom. The second kappa shape index (κ2) is 6.90. The van der Waals surface area contributed by atoms with Crippen molar-refractivity contribution in [2.45, 2.75) is 25.9 Å². The fraction of sp³-hybridized carbons (Fsp3) is 0.571. The van der Waals surface area contributed by atoms with Crippen LogP contribution in [0.5, 0.6) is 0 Å². The van der Waals surface area contributed by atoms with Gasteiger partial charge in [-0.1, -0.05) is 11.6 Å². The number of carbonyl (C=O) groups excluding carboxylic acids is 1. The van der Waals surface area contributed by atoms with E-state index in [1.807, 2.05) is 11.8 Å². The molecule has 1 aromatic heterocycles. The van der Waals surface area contributed by atoms with E-state index in [9.17, 15) is 4.79 Å². The summed E-state index contributed by atoms with van der Waals surface area (Å²) in [5.41, 5.74) is 0.520. The molecule has 0 radical (unpaired) electrons. The summed E-state index contributed by atoms with van der Waals surface area (Å²) in [6.07, 6.45) is 3.67. The molecule has 0 bridgehead atoms. The van der Waals surface area contributed by atoms with E-state index in [1.54, 1.807) is 19.3 Å². The summed E-state index contributed by atoms with van der Waals surface area (Å²) in [5, 5.41) is 3.33. The Morgan fingerprint density at radius 1 is 1.65 bits per heavy atom. The summed E-state index contributed by atoms with van der Waals surface area (Å²) in [7, 11) is 1.74. The summed E-state index contributed by atoms with van der Waals surface area (Å²) >= 11 is 6.07. The van der Waals surface area contributed by atoms with Gasteiger partial charge in [-0.15, -0.1) is 0 Å². The van der Waals surface area contributed by atoms with Crippen LogP contribution in [-0.2, 0) is 4.74 Å². The summed E-state index contributed by atoms with van der Waals surface area (Å²) < 4.78 is 5.61. The van der Waals surface area contributed by atoms with Gasteiger partial charge in [0.15, 0.2) is 0 Å². The van der Waals surface area contributed by atoms with Gasteiger partial charge in [-0.2, -0.15) is 0 Å². The number of aromatic nitrogens is 1. The monoisotopic (exact) mass is 297 g/mol. The summed E-state index contributed by atoms with van der Waals surface area (Å²) in [6.45, 7) is 4.05. The zero-order valence-corrected chi connectivity index (χ0v) is 12.6. The molecule has 0 aliphatic carbocycles. The van der Waals surface area contributed by atoms with Crippen molar-refractivity contribution in [3.8, 4) is 0 Å². The highest BCUT2D eigenvalue weighted by Gasteiger charge is 2.25. The Labute approximate surface area is 124 Å². The van der Waals surface area contributed by atoms with Gasteiger partial charge in [-0.3, -0.25) is 4.79 Å². The molecule has 20 heavy (non-hydrogen) atoms. The molecule has 1 fully saturated rings. The van der Waals surface area contributed by atoms with Crippen LogP contribution in [0, 0.1) is 0 Å². The van der Waals surface area contributed by atoms with Gasteiger partial charge in [-0.25, -0.2) is 4.98 Å². The number of carbonyl (C=O) groups is 1. The van der Waals surface area contributed by atoms with Gasteiger partial charge in [0.25, 0.3) is 5.91 Å². The van der Waals surface area contributed by atoms with E-state index in [2.05, 4.69) is 10.3 Å². The number of amides is 1. The van der Waals surface area contributed by atoms with Crippen LogP contribution in [0.1, 0.15) is 30.1 Å². The Hall–Kier alpha value is -1.33. The summed E-state index contributed by atoms with van der Waals surface area (Å²) in [5.74, 6) is 0.542. The number of pyridine rings is 1. The van der Waals surface area contributed by atoms with E-state index in [1.165, 1.54) is 0 Å². The number of piperidine rings is 1. The lowest BCUT2D eigenvalue weighted by atomic mass is 10.1. The lowest BCUT2D eigenvalue weighted by Gasteiger charge is -2.32. The minimum absolute atomic E-state index is 0.0357. The van der Waals surface area contributed by atoms with Crippen molar-refractivity contribution in [2.24, 2.45) is 0 Å². The molecule has 1 saturated heterocycles. The first-order valence-electron chi connectivity index (χ1n) is 6.89. The van der Waals surface area contributed by atoms with E-state index < -0.39 is 0 Å². The predicted molar refractivity (Wildman–Crippen MR) is 79.3 cm³/mol. The van der Waals surface area contributed by atoms with Crippen LogP contribution in [0.4, 0.5) is 5.82 Å². The molecule has 1 aliphatic heterocycles. The van der Waals surface area contributed by atoms with Crippen LogP contribution in [-0.4, -0.2) is 48.6 Å². The third-order valence-electron chi connectivity index (χ3n) is 3.39. The van der Waals surface area contributed by atoms with Crippen molar-refractivity contribution < 1.29 is 9.53 Å². The van der Waals surface area contributed by atoms with Crippen molar-refractivity contribution in [1.29, 1.82) is 0 Å². The number of hydrogen-bond donors (Lipinski definition) is 1. The van der Waals surface area contributed by atoms with Crippen LogP contribution >= 0.6 is 11.6 Å². The summed E-state index contributed by atoms with van der Waals surface area (Å²) in [4.78, 5) is 18.4. The molecule has 110 valence electrons. The maximum Gasteiger partial charge on any atom is 0.255 e. The average molecular weight is 298 g/mol. The molecular formula is C14H20ClN3O2. The van der Waals surface area contributed by atoms with Crippen molar-refractivity contribution in [2.75, 3.05) is 32.1 Å². The van der Waals surface area contributed by atoms with E-state index in [0.717, 1.165) is 19.4 Å². The highest BCUT2D eigenvalue weighted by molar-refractivity contribution is 6.33. The Morgan fingerprint density at radius 3 is 3.10 bits per heavy atom. The fourth-order valence-electron chi connectivity index (χ4n) is 2.42. The van der Waals surface area contributed by atoms with Gasteiger partial charge in [0.2, 0.25) is 0 Å². The van der Waals surface area contributed by atoms with Crippen LogP contribution in [0.3, 0.4) is 0 Å². The molecule has 1 unspecified atom stereocenters. The van der Waals surface area contributed by atoms with Gasteiger partial charge in [-0.05, 0) is 25.8 Å². The van der Waals surface area contributed by atoms with E-state index in [4.69, 9.17) is 16.3 Å². The largest absolute Gasteiger partial charge is 0.377 e. The quantitative estimate of drug-likeness (QED) is 0.927. The summed E-state index contributed by atoms with van der Waals surface area (Å²) in [6, 6.07) is 1.66. The third kappa shape index (κ3) is 3.41. The second-order valence-corrected chi connectivity index (χ2v) is 5.18. The molecular weight excluding hydrogens is 278 g/mol. The second-order valence-electron chi connectivity index (χ2n) is 4.78. The Balaban J connectivity index is 2.08. The first kappa shape index (κ1) is 15.1. The molecule has 1 aromatic rings. The maximum atomic E-state index is 12.5. The van der Waals surface area contributed by atoms with Gasteiger partial charge in [0, 0.05) is 32.9 Å². The van der Waals surface area contributed by atoms with E-state index in [-0.39, 0.29) is 12.0 Å². The van der Waals surface area contributed by atoms with Crippen LogP contribution < -0.4 is 5.32 Å². The Kier molecular flexibility index (Phi) is 5.20. The lowest BCUT2D eigenvalue weighted by molar-refractivity contribution is 0.00723. The first-order valence-corrected chi connectivity index (χ1v) is 7.27. The van der Waals surface area contributed by atoms with Gasteiger partial charge in [0.1, 0.15) is 5.82 Å². The van der Waals surface area contributed by atoms with Crippen molar-refractivity contribution in [3.63, 3.8) is 0 Å². The highest BCUT2D eigenvalue weighted by atomic mass is 35.5. The zero-order valence-electron chi connectivity index (χ0n) is 11.9. The van der Waals surface area contributed by atoms with Crippen molar-refractivity contribution in [3.05, 3.63) is 22.8 Å². The fourth-order valence-corrected chi connectivity index (χ4v) is 2.68. The third-order valence-corrected chi connectivity index (χ3v) is 3.68. The van der Waals surface area contributed by atoms with Gasteiger partial charge < -0.3 is 15.0 Å². The maximum absolute atomic E-state index is 12.5. The average Bonchev–Trinajstić information content (AvgIpc) is 2.47. The van der Waals surface area contributed by atoms with E-state index >= 15 is 0 Å². The number of nitrogens with zero attached hydrogens (tertiary/aromatic N) is 2.